The van der Waals surface area contributed by atoms with Crippen molar-refractivity contribution in [3.63, 3.8) is 0 Å². The maximum Gasteiger partial charge on any atom is 0.255 e. The number of aryl methyl sites for hydroxylation is 1. The van der Waals surface area contributed by atoms with Crippen LogP contribution in [0.3, 0.4) is 0 Å². The molecular weight excluding hydrogens is 373 g/mol. The zero-order valence-corrected chi connectivity index (χ0v) is 16.0. The smallest absolute Gasteiger partial charge is 0.255 e. The van der Waals surface area contributed by atoms with Gasteiger partial charge in [-0.05, 0) is 42.3 Å². The van der Waals surface area contributed by atoms with E-state index >= 15 is 0 Å². The van der Waals surface area contributed by atoms with E-state index in [2.05, 4.69) is 10.5 Å². The van der Waals surface area contributed by atoms with Crippen LogP contribution >= 0.6 is 0 Å². The molecule has 0 aliphatic rings. The van der Waals surface area contributed by atoms with Gasteiger partial charge in [-0.2, -0.15) is 9.41 Å². The number of benzene rings is 2. The molecule has 2 rings (SSSR count). The van der Waals surface area contributed by atoms with Gasteiger partial charge in [0.1, 0.15) is 16.5 Å². The molecule has 2 aromatic carbocycles. The lowest BCUT2D eigenvalue weighted by Crippen LogP contribution is -2.36. The average Bonchev–Trinajstić information content (AvgIpc) is 2.61. The van der Waals surface area contributed by atoms with Crippen LogP contribution in [0.5, 0.6) is 5.75 Å². The van der Waals surface area contributed by atoms with Crippen LogP contribution in [-0.2, 0) is 14.8 Å². The first-order valence-corrected chi connectivity index (χ1v) is 9.36. The first-order chi connectivity index (χ1) is 12.7. The Morgan fingerprint density at radius 1 is 1.30 bits per heavy atom. The third-order valence-corrected chi connectivity index (χ3v) is 5.45. The zero-order valence-electron chi connectivity index (χ0n) is 15.1. The number of hydrogen-bond acceptors (Lipinski definition) is 5. The lowest BCUT2D eigenvalue weighted by Gasteiger charge is -2.18. The SMILES string of the molecule is COc1ccc(C)cc1S(=O)(=O)N(C)CC(=O)NN=Cc1cccc(F)c1. The second-order valence-electron chi connectivity index (χ2n) is 5.76. The normalized spacial score (nSPS) is 11.7. The number of hydrogen-bond donors (Lipinski definition) is 1. The number of hydrazone groups is 1. The average molecular weight is 393 g/mol. The number of sulfonamides is 1. The van der Waals surface area contributed by atoms with E-state index in [9.17, 15) is 17.6 Å². The third kappa shape index (κ3) is 5.35. The minimum atomic E-state index is -3.94. The van der Waals surface area contributed by atoms with Gasteiger partial charge in [0.05, 0.1) is 19.9 Å². The molecule has 144 valence electrons. The van der Waals surface area contributed by atoms with Crippen LogP contribution in [0.15, 0.2) is 52.5 Å². The standard InChI is InChI=1S/C18H20FN3O4S/c1-13-7-8-16(26-3)17(9-13)27(24,25)22(2)12-18(23)21-20-11-14-5-4-6-15(19)10-14/h4-11H,12H2,1-3H3,(H,21,23). The highest BCUT2D eigenvalue weighted by Crippen LogP contribution is 2.26. The summed E-state index contributed by atoms with van der Waals surface area (Å²) >= 11 is 0. The molecule has 0 spiro atoms. The summed E-state index contributed by atoms with van der Waals surface area (Å²) < 4.78 is 44.5. The Bertz CT molecular complexity index is 961. The first kappa shape index (κ1) is 20.5. The van der Waals surface area contributed by atoms with Crippen molar-refractivity contribution >= 4 is 22.1 Å². The number of nitrogens with one attached hydrogen (secondary N) is 1. The summed E-state index contributed by atoms with van der Waals surface area (Å²) in [6, 6.07) is 10.4. The van der Waals surface area contributed by atoms with Crippen LogP contribution in [-0.4, -0.2) is 45.5 Å². The second kappa shape index (κ2) is 8.74. The van der Waals surface area contributed by atoms with Crippen molar-refractivity contribution in [3.8, 4) is 5.75 Å². The minimum Gasteiger partial charge on any atom is -0.495 e. The van der Waals surface area contributed by atoms with Crippen molar-refractivity contribution < 1.29 is 22.3 Å². The lowest BCUT2D eigenvalue weighted by atomic mass is 10.2. The fourth-order valence-corrected chi connectivity index (χ4v) is 3.61. The second-order valence-corrected chi connectivity index (χ2v) is 7.78. The summed E-state index contributed by atoms with van der Waals surface area (Å²) in [6.45, 7) is 1.31. The Morgan fingerprint density at radius 2 is 2.04 bits per heavy atom. The maximum absolute atomic E-state index is 13.1. The van der Waals surface area contributed by atoms with Gasteiger partial charge in [0.25, 0.3) is 5.91 Å². The molecule has 9 heteroatoms. The van der Waals surface area contributed by atoms with Crippen molar-refractivity contribution in [2.24, 2.45) is 5.10 Å². The molecule has 0 fully saturated rings. The summed E-state index contributed by atoms with van der Waals surface area (Å²) in [5.41, 5.74) is 3.42. The molecule has 0 saturated heterocycles. The third-order valence-electron chi connectivity index (χ3n) is 3.63. The van der Waals surface area contributed by atoms with Gasteiger partial charge < -0.3 is 4.74 Å². The number of ether oxygens (including phenoxy) is 1. The monoisotopic (exact) mass is 393 g/mol. The Kier molecular flexibility index (Phi) is 6.65. The van der Waals surface area contributed by atoms with Crippen molar-refractivity contribution in [2.45, 2.75) is 11.8 Å². The molecule has 0 saturated carbocycles. The van der Waals surface area contributed by atoms with Crippen LogP contribution in [0.2, 0.25) is 0 Å². The van der Waals surface area contributed by atoms with Gasteiger partial charge in [-0.3, -0.25) is 4.79 Å². The van der Waals surface area contributed by atoms with E-state index in [-0.39, 0.29) is 10.6 Å². The van der Waals surface area contributed by atoms with Gasteiger partial charge in [-0.15, -0.1) is 0 Å². The highest BCUT2D eigenvalue weighted by Gasteiger charge is 2.26. The van der Waals surface area contributed by atoms with E-state index in [1.165, 1.54) is 44.6 Å². The molecule has 2 aromatic rings. The van der Waals surface area contributed by atoms with Gasteiger partial charge in [0.15, 0.2) is 0 Å². The molecule has 7 nitrogen and oxygen atoms in total. The van der Waals surface area contributed by atoms with Crippen LogP contribution in [0.25, 0.3) is 0 Å². The van der Waals surface area contributed by atoms with Crippen molar-refractivity contribution in [2.75, 3.05) is 20.7 Å². The number of halogens is 1. The largest absolute Gasteiger partial charge is 0.495 e. The number of carbonyl (C=O) groups excluding carboxylic acids is 1. The topological polar surface area (TPSA) is 88.1 Å². The van der Waals surface area contributed by atoms with Gasteiger partial charge in [-0.25, -0.2) is 18.2 Å². The number of likely N-dealkylation sites (N-methyl/N-ethyl adjacent to an activating group) is 1. The molecule has 0 aromatic heterocycles. The Balaban J connectivity index is 2.06. The highest BCUT2D eigenvalue weighted by molar-refractivity contribution is 7.89. The minimum absolute atomic E-state index is 0.0245. The summed E-state index contributed by atoms with van der Waals surface area (Å²) in [5.74, 6) is -0.875. The number of carbonyl (C=O) groups is 1. The Labute approximate surface area is 157 Å². The number of amides is 1. The Morgan fingerprint density at radius 3 is 2.70 bits per heavy atom. The number of rotatable bonds is 7. The highest BCUT2D eigenvalue weighted by atomic mass is 32.2. The molecule has 0 atom stereocenters. The van der Waals surface area contributed by atoms with Crippen LogP contribution < -0.4 is 10.2 Å². The summed E-state index contributed by atoms with van der Waals surface area (Å²) in [4.78, 5) is 11.9. The van der Waals surface area contributed by atoms with Gasteiger partial charge in [-0.1, -0.05) is 18.2 Å². The van der Waals surface area contributed by atoms with Crippen molar-refractivity contribution in [1.82, 2.24) is 9.73 Å². The molecule has 0 radical (unpaired) electrons. The van der Waals surface area contributed by atoms with Crippen molar-refractivity contribution in [1.29, 1.82) is 0 Å². The maximum atomic E-state index is 13.1. The predicted octanol–water partition coefficient (Wildman–Crippen LogP) is 1.91. The van der Waals surface area contributed by atoms with Crippen molar-refractivity contribution in [3.05, 3.63) is 59.4 Å². The molecule has 0 aliphatic carbocycles. The van der Waals surface area contributed by atoms with E-state index in [0.29, 0.717) is 5.56 Å². The predicted molar refractivity (Wildman–Crippen MR) is 99.7 cm³/mol. The molecule has 1 N–H and O–H groups in total. The van der Waals surface area contributed by atoms with E-state index in [1.54, 1.807) is 25.1 Å². The molecule has 0 heterocycles. The number of methoxy groups -OCH3 is 1. The van der Waals surface area contributed by atoms with Crippen LogP contribution in [0.4, 0.5) is 4.39 Å². The molecule has 0 aliphatic heterocycles. The zero-order chi connectivity index (χ0) is 20.0. The summed E-state index contributed by atoms with van der Waals surface area (Å²) in [6.07, 6.45) is 1.26. The summed E-state index contributed by atoms with van der Waals surface area (Å²) in [5, 5.41) is 3.70. The van der Waals surface area contributed by atoms with Gasteiger partial charge in [0.2, 0.25) is 10.0 Å². The molecule has 27 heavy (non-hydrogen) atoms. The molecule has 0 bridgehead atoms. The fraction of sp³-hybridized carbons (Fsp3) is 0.222. The molecule has 1 amide bonds. The molecular formula is C18H20FN3O4S. The molecule has 0 unspecified atom stereocenters. The fourth-order valence-electron chi connectivity index (χ4n) is 2.24. The number of nitrogens with zero attached hydrogens (tertiary/aromatic N) is 2. The van der Waals surface area contributed by atoms with Gasteiger partial charge >= 0.3 is 0 Å². The first-order valence-electron chi connectivity index (χ1n) is 7.92. The van der Waals surface area contributed by atoms with E-state index in [4.69, 9.17) is 4.74 Å². The Hall–Kier alpha value is -2.78. The lowest BCUT2D eigenvalue weighted by molar-refractivity contribution is -0.121. The van der Waals surface area contributed by atoms with E-state index in [0.717, 1.165) is 9.87 Å². The quantitative estimate of drug-likeness (QED) is 0.575. The van der Waals surface area contributed by atoms with E-state index < -0.39 is 28.3 Å². The van der Waals surface area contributed by atoms with Crippen LogP contribution in [0, 0.1) is 12.7 Å². The summed E-state index contributed by atoms with van der Waals surface area (Å²) in [7, 11) is -1.28. The van der Waals surface area contributed by atoms with E-state index in [1.807, 2.05) is 0 Å². The van der Waals surface area contributed by atoms with Crippen LogP contribution in [0.1, 0.15) is 11.1 Å². The van der Waals surface area contributed by atoms with Gasteiger partial charge in [0, 0.05) is 7.05 Å².